The number of thioether (sulfide) groups is 1. The highest BCUT2D eigenvalue weighted by Gasteiger charge is 2.30. The van der Waals surface area contributed by atoms with Crippen molar-refractivity contribution in [1.29, 1.82) is 0 Å². The summed E-state index contributed by atoms with van der Waals surface area (Å²) < 4.78 is 5.80. The molecule has 0 saturated carbocycles. The fourth-order valence-corrected chi connectivity index (χ4v) is 4.21. The molecule has 1 amide bonds. The minimum atomic E-state index is -0.998. The van der Waals surface area contributed by atoms with E-state index < -0.39 is 5.97 Å². The number of amides is 1. The molecular weight excluding hydrogens is 460 g/mol. The van der Waals surface area contributed by atoms with Crippen molar-refractivity contribution in [1.82, 2.24) is 4.90 Å². The number of carboxylic acid groups (broad SMARTS) is 1. The zero-order valence-corrected chi connectivity index (χ0v) is 19.1. The van der Waals surface area contributed by atoms with Gasteiger partial charge in [-0.2, -0.15) is 0 Å². The Morgan fingerprint density at radius 3 is 2.45 bits per heavy atom. The molecule has 3 aromatic rings. The van der Waals surface area contributed by atoms with Gasteiger partial charge in [0.25, 0.3) is 5.91 Å². The molecule has 1 fully saturated rings. The molecule has 0 unspecified atom stereocenters. The summed E-state index contributed by atoms with van der Waals surface area (Å²) in [5.74, 6) is -0.450. The number of likely N-dealkylation sites (N-methyl/N-ethyl adjacent to an activating group) is 1. The van der Waals surface area contributed by atoms with Crippen LogP contribution in [0.25, 0.3) is 6.08 Å². The van der Waals surface area contributed by atoms with E-state index >= 15 is 0 Å². The van der Waals surface area contributed by atoms with Gasteiger partial charge in [0.2, 0.25) is 0 Å². The summed E-state index contributed by atoms with van der Waals surface area (Å²) in [4.78, 5) is 30.1. The topological polar surface area (TPSA) is 79.2 Å². The van der Waals surface area contributed by atoms with Crippen LogP contribution in [0.15, 0.2) is 82.7 Å². The molecule has 0 spiro atoms. The maximum Gasteiger partial charge on any atom is 0.335 e. The maximum atomic E-state index is 12.7. The van der Waals surface area contributed by atoms with Gasteiger partial charge in [0.05, 0.1) is 16.2 Å². The van der Waals surface area contributed by atoms with Crippen LogP contribution >= 0.6 is 23.4 Å². The molecule has 4 rings (SSSR count). The van der Waals surface area contributed by atoms with Gasteiger partial charge in [-0.15, -0.1) is 0 Å². The van der Waals surface area contributed by atoms with E-state index in [1.54, 1.807) is 25.3 Å². The number of carbonyl (C=O) groups is 2. The van der Waals surface area contributed by atoms with Gasteiger partial charge in [0.1, 0.15) is 12.4 Å². The summed E-state index contributed by atoms with van der Waals surface area (Å²) >= 11 is 7.42. The third-order valence-corrected chi connectivity index (χ3v) is 6.30. The van der Waals surface area contributed by atoms with Crippen molar-refractivity contribution < 1.29 is 19.4 Å². The minimum absolute atomic E-state index is 0.153. The standard InChI is InChI=1S/C25H19ClN2O4S/c1-28-23(29)22(33-25(28)27-19-10-8-17(9-11-19)24(30)31)14-16-6-12-20(13-7-16)32-15-18-4-2-3-5-21(18)26/h2-14H,15H2,1H3,(H,30,31)/b22-14-,27-25?. The normalized spacial score (nSPS) is 15.9. The van der Waals surface area contributed by atoms with Crippen LogP contribution in [0.4, 0.5) is 5.69 Å². The number of amidine groups is 1. The Labute approximate surface area is 200 Å². The molecule has 8 heteroatoms. The monoisotopic (exact) mass is 478 g/mol. The van der Waals surface area contributed by atoms with E-state index in [-0.39, 0.29) is 11.5 Å². The maximum absolute atomic E-state index is 12.7. The number of ether oxygens (including phenoxy) is 1. The number of carboxylic acids is 1. The quantitative estimate of drug-likeness (QED) is 0.449. The van der Waals surface area contributed by atoms with Gasteiger partial charge in [0.15, 0.2) is 5.17 Å². The molecule has 33 heavy (non-hydrogen) atoms. The summed E-state index contributed by atoms with van der Waals surface area (Å²) in [6, 6.07) is 21.2. The Morgan fingerprint density at radius 2 is 1.79 bits per heavy atom. The van der Waals surface area contributed by atoms with E-state index in [0.717, 1.165) is 11.1 Å². The first-order chi connectivity index (χ1) is 15.9. The summed E-state index contributed by atoms with van der Waals surface area (Å²) in [5, 5.41) is 10.2. The van der Waals surface area contributed by atoms with Crippen LogP contribution in [0, 0.1) is 0 Å². The lowest BCUT2D eigenvalue weighted by atomic mass is 10.2. The first-order valence-electron chi connectivity index (χ1n) is 9.96. The van der Waals surface area contributed by atoms with Crippen LogP contribution in [0.5, 0.6) is 5.75 Å². The van der Waals surface area contributed by atoms with Gasteiger partial charge in [0, 0.05) is 17.6 Å². The molecule has 0 aromatic heterocycles. The number of hydrogen-bond donors (Lipinski definition) is 1. The minimum Gasteiger partial charge on any atom is -0.489 e. The van der Waals surface area contributed by atoms with Crippen molar-refractivity contribution in [2.24, 2.45) is 4.99 Å². The van der Waals surface area contributed by atoms with Crippen LogP contribution < -0.4 is 4.74 Å². The lowest BCUT2D eigenvalue weighted by molar-refractivity contribution is -0.121. The van der Waals surface area contributed by atoms with Crippen molar-refractivity contribution in [2.75, 3.05) is 7.05 Å². The van der Waals surface area contributed by atoms with Gasteiger partial charge in [-0.1, -0.05) is 41.9 Å². The van der Waals surface area contributed by atoms with Crippen LogP contribution in [0.1, 0.15) is 21.5 Å². The summed E-state index contributed by atoms with van der Waals surface area (Å²) in [5.41, 5.74) is 2.52. The largest absolute Gasteiger partial charge is 0.489 e. The molecule has 166 valence electrons. The van der Waals surface area contributed by atoms with Gasteiger partial charge in [-0.25, -0.2) is 9.79 Å². The smallest absolute Gasteiger partial charge is 0.335 e. The van der Waals surface area contributed by atoms with E-state index in [1.807, 2.05) is 48.5 Å². The molecule has 1 saturated heterocycles. The summed E-state index contributed by atoms with van der Waals surface area (Å²) in [7, 11) is 1.66. The molecule has 0 radical (unpaired) electrons. The highest BCUT2D eigenvalue weighted by molar-refractivity contribution is 8.18. The number of rotatable bonds is 6. The molecular formula is C25H19ClN2O4S. The van der Waals surface area contributed by atoms with Crippen molar-refractivity contribution >= 4 is 52.2 Å². The molecule has 1 aliphatic rings. The van der Waals surface area contributed by atoms with E-state index in [1.165, 1.54) is 28.8 Å². The third-order valence-electron chi connectivity index (χ3n) is 4.87. The van der Waals surface area contributed by atoms with E-state index in [4.69, 9.17) is 21.4 Å². The van der Waals surface area contributed by atoms with Crippen LogP contribution in [0.2, 0.25) is 5.02 Å². The molecule has 1 aliphatic heterocycles. The van der Waals surface area contributed by atoms with Crippen molar-refractivity contribution in [3.05, 3.63) is 99.4 Å². The highest BCUT2D eigenvalue weighted by Crippen LogP contribution is 2.33. The predicted molar refractivity (Wildman–Crippen MR) is 131 cm³/mol. The Bertz CT molecular complexity index is 1250. The molecule has 1 heterocycles. The second kappa shape index (κ2) is 9.94. The fraction of sp³-hybridized carbons (Fsp3) is 0.0800. The van der Waals surface area contributed by atoms with Gasteiger partial charge in [-0.3, -0.25) is 9.69 Å². The number of aromatic carboxylic acids is 1. The van der Waals surface area contributed by atoms with Gasteiger partial charge < -0.3 is 9.84 Å². The van der Waals surface area contributed by atoms with Crippen LogP contribution in [-0.2, 0) is 11.4 Å². The molecule has 3 aromatic carbocycles. The number of hydrogen-bond acceptors (Lipinski definition) is 5. The van der Waals surface area contributed by atoms with Crippen LogP contribution in [-0.4, -0.2) is 34.1 Å². The zero-order chi connectivity index (χ0) is 23.4. The molecule has 6 nitrogen and oxygen atoms in total. The second-order valence-electron chi connectivity index (χ2n) is 7.17. The first kappa shape index (κ1) is 22.6. The Morgan fingerprint density at radius 1 is 1.09 bits per heavy atom. The van der Waals surface area contributed by atoms with Crippen molar-refractivity contribution in [2.45, 2.75) is 6.61 Å². The molecule has 0 atom stereocenters. The number of aliphatic imine (C=N–C) groups is 1. The summed E-state index contributed by atoms with van der Waals surface area (Å²) in [6.07, 6.45) is 1.80. The average molecular weight is 479 g/mol. The fourth-order valence-electron chi connectivity index (χ4n) is 3.03. The van der Waals surface area contributed by atoms with Crippen molar-refractivity contribution in [3.8, 4) is 5.75 Å². The Kier molecular flexibility index (Phi) is 6.82. The molecule has 0 aliphatic carbocycles. The molecule has 1 N–H and O–H groups in total. The van der Waals surface area contributed by atoms with E-state index in [9.17, 15) is 9.59 Å². The Hall–Kier alpha value is -3.55. The summed E-state index contributed by atoms with van der Waals surface area (Å²) in [6.45, 7) is 0.368. The SMILES string of the molecule is CN1C(=O)/C(=C/c2ccc(OCc3ccccc3Cl)cc2)SC1=Nc1ccc(C(=O)O)cc1. The van der Waals surface area contributed by atoms with Crippen molar-refractivity contribution in [3.63, 3.8) is 0 Å². The number of carbonyl (C=O) groups excluding carboxylic acids is 1. The zero-order valence-electron chi connectivity index (χ0n) is 17.6. The average Bonchev–Trinajstić information content (AvgIpc) is 3.07. The van der Waals surface area contributed by atoms with Gasteiger partial charge in [-0.05, 0) is 65.9 Å². The molecule has 0 bridgehead atoms. The van der Waals surface area contributed by atoms with E-state index in [0.29, 0.717) is 33.1 Å². The second-order valence-corrected chi connectivity index (χ2v) is 8.59. The first-order valence-corrected chi connectivity index (χ1v) is 11.2. The van der Waals surface area contributed by atoms with Crippen LogP contribution in [0.3, 0.4) is 0 Å². The predicted octanol–water partition coefficient (Wildman–Crippen LogP) is 5.85. The van der Waals surface area contributed by atoms with E-state index in [2.05, 4.69) is 4.99 Å². The third kappa shape index (κ3) is 5.45. The number of halogens is 1. The number of benzene rings is 3. The Balaban J connectivity index is 1.44. The lowest BCUT2D eigenvalue weighted by Crippen LogP contribution is -2.23. The van der Waals surface area contributed by atoms with Gasteiger partial charge >= 0.3 is 5.97 Å². The number of nitrogens with zero attached hydrogens (tertiary/aromatic N) is 2. The lowest BCUT2D eigenvalue weighted by Gasteiger charge is -2.08. The highest BCUT2D eigenvalue weighted by atomic mass is 35.5.